The third kappa shape index (κ3) is 1.72. The summed E-state index contributed by atoms with van der Waals surface area (Å²) in [5.41, 5.74) is 5.66. The van der Waals surface area contributed by atoms with E-state index in [0.717, 1.165) is 41.1 Å². The average molecular weight is 265 g/mol. The SMILES string of the molecule is COc1ccc2nc(-c3ccc4c(c3)NCC4)[nH]c2c1. The van der Waals surface area contributed by atoms with Gasteiger partial charge in [0, 0.05) is 23.9 Å². The summed E-state index contributed by atoms with van der Waals surface area (Å²) in [4.78, 5) is 8.00. The first-order valence-corrected chi connectivity index (χ1v) is 6.74. The zero-order chi connectivity index (χ0) is 13.5. The van der Waals surface area contributed by atoms with Crippen LogP contribution in [-0.4, -0.2) is 23.6 Å². The van der Waals surface area contributed by atoms with Gasteiger partial charge in [-0.2, -0.15) is 0 Å². The molecule has 1 aliphatic rings. The van der Waals surface area contributed by atoms with Crippen molar-refractivity contribution in [2.24, 2.45) is 0 Å². The van der Waals surface area contributed by atoms with Gasteiger partial charge in [-0.05, 0) is 30.2 Å². The molecule has 2 aromatic carbocycles. The van der Waals surface area contributed by atoms with Crippen LogP contribution in [0.2, 0.25) is 0 Å². The van der Waals surface area contributed by atoms with E-state index in [4.69, 9.17) is 4.74 Å². The van der Waals surface area contributed by atoms with Crippen molar-refractivity contribution in [1.82, 2.24) is 9.97 Å². The van der Waals surface area contributed by atoms with E-state index in [-0.39, 0.29) is 0 Å². The van der Waals surface area contributed by atoms with Gasteiger partial charge in [0.05, 0.1) is 18.1 Å². The molecule has 1 aliphatic heterocycles. The number of fused-ring (bicyclic) bond motifs is 2. The Kier molecular flexibility index (Phi) is 2.42. The van der Waals surface area contributed by atoms with E-state index < -0.39 is 0 Å². The molecule has 4 rings (SSSR count). The van der Waals surface area contributed by atoms with Crippen molar-refractivity contribution in [2.75, 3.05) is 19.0 Å². The van der Waals surface area contributed by atoms with Gasteiger partial charge < -0.3 is 15.0 Å². The number of aromatic amines is 1. The molecule has 0 saturated heterocycles. The lowest BCUT2D eigenvalue weighted by Crippen LogP contribution is -1.91. The van der Waals surface area contributed by atoms with E-state index in [0.29, 0.717) is 0 Å². The number of methoxy groups -OCH3 is 1. The molecule has 0 atom stereocenters. The van der Waals surface area contributed by atoms with Gasteiger partial charge in [-0.15, -0.1) is 0 Å². The molecule has 0 saturated carbocycles. The fourth-order valence-electron chi connectivity index (χ4n) is 2.69. The number of aromatic nitrogens is 2. The molecule has 2 heterocycles. The predicted octanol–water partition coefficient (Wildman–Crippen LogP) is 3.21. The summed E-state index contributed by atoms with van der Waals surface area (Å²) in [5.74, 6) is 1.73. The first kappa shape index (κ1) is 11.3. The molecule has 0 spiro atoms. The molecule has 0 unspecified atom stereocenters. The summed E-state index contributed by atoms with van der Waals surface area (Å²) < 4.78 is 5.24. The van der Waals surface area contributed by atoms with Gasteiger partial charge in [0.2, 0.25) is 0 Å². The average Bonchev–Trinajstić information content (AvgIpc) is 3.11. The van der Waals surface area contributed by atoms with Crippen LogP contribution in [0.4, 0.5) is 5.69 Å². The number of ether oxygens (including phenoxy) is 1. The van der Waals surface area contributed by atoms with Crippen LogP contribution in [0.25, 0.3) is 22.4 Å². The lowest BCUT2D eigenvalue weighted by atomic mass is 10.1. The van der Waals surface area contributed by atoms with Crippen molar-refractivity contribution < 1.29 is 4.74 Å². The highest BCUT2D eigenvalue weighted by molar-refractivity contribution is 5.81. The van der Waals surface area contributed by atoms with Crippen LogP contribution in [0.1, 0.15) is 5.56 Å². The number of benzene rings is 2. The fourth-order valence-corrected chi connectivity index (χ4v) is 2.69. The van der Waals surface area contributed by atoms with E-state index in [1.54, 1.807) is 7.11 Å². The van der Waals surface area contributed by atoms with Crippen molar-refractivity contribution in [1.29, 1.82) is 0 Å². The highest BCUT2D eigenvalue weighted by Gasteiger charge is 2.12. The lowest BCUT2D eigenvalue weighted by Gasteiger charge is -2.02. The smallest absolute Gasteiger partial charge is 0.138 e. The van der Waals surface area contributed by atoms with E-state index in [1.165, 1.54) is 11.3 Å². The van der Waals surface area contributed by atoms with Gasteiger partial charge in [-0.1, -0.05) is 12.1 Å². The van der Waals surface area contributed by atoms with Crippen LogP contribution < -0.4 is 10.1 Å². The summed E-state index contributed by atoms with van der Waals surface area (Å²) in [6.07, 6.45) is 1.10. The lowest BCUT2D eigenvalue weighted by molar-refractivity contribution is 0.415. The van der Waals surface area contributed by atoms with E-state index in [2.05, 4.69) is 33.5 Å². The highest BCUT2D eigenvalue weighted by Crippen LogP contribution is 2.29. The number of hydrogen-bond donors (Lipinski definition) is 2. The number of rotatable bonds is 2. The third-order valence-corrected chi connectivity index (χ3v) is 3.78. The monoisotopic (exact) mass is 265 g/mol. The van der Waals surface area contributed by atoms with Crippen molar-refractivity contribution >= 4 is 16.7 Å². The number of imidazole rings is 1. The molecule has 0 fully saturated rings. The Balaban J connectivity index is 1.81. The highest BCUT2D eigenvalue weighted by atomic mass is 16.5. The number of H-pyrrole nitrogens is 1. The normalized spacial score (nSPS) is 13.2. The molecule has 0 bridgehead atoms. The second-order valence-corrected chi connectivity index (χ2v) is 5.02. The molecule has 3 aromatic rings. The Labute approximate surface area is 116 Å². The van der Waals surface area contributed by atoms with E-state index in [9.17, 15) is 0 Å². The Hall–Kier alpha value is -2.49. The molecular formula is C16H15N3O. The molecule has 0 amide bonds. The second kappa shape index (κ2) is 4.27. The molecule has 1 aromatic heterocycles. The first-order valence-electron chi connectivity index (χ1n) is 6.74. The summed E-state index contributed by atoms with van der Waals surface area (Å²) >= 11 is 0. The summed E-state index contributed by atoms with van der Waals surface area (Å²) in [6, 6.07) is 12.3. The van der Waals surface area contributed by atoms with Crippen molar-refractivity contribution in [3.8, 4) is 17.1 Å². The molecular weight excluding hydrogens is 250 g/mol. The Morgan fingerprint density at radius 1 is 1.15 bits per heavy atom. The molecule has 2 N–H and O–H groups in total. The third-order valence-electron chi connectivity index (χ3n) is 3.78. The zero-order valence-corrected chi connectivity index (χ0v) is 11.2. The molecule has 0 radical (unpaired) electrons. The van der Waals surface area contributed by atoms with E-state index >= 15 is 0 Å². The van der Waals surface area contributed by atoms with Crippen LogP contribution >= 0.6 is 0 Å². The predicted molar refractivity (Wildman–Crippen MR) is 80.3 cm³/mol. The van der Waals surface area contributed by atoms with Crippen LogP contribution in [0.5, 0.6) is 5.75 Å². The quantitative estimate of drug-likeness (QED) is 0.748. The number of nitrogens with one attached hydrogen (secondary N) is 2. The number of anilines is 1. The van der Waals surface area contributed by atoms with Gasteiger partial charge in [-0.25, -0.2) is 4.98 Å². The van der Waals surface area contributed by atoms with Crippen LogP contribution in [0.3, 0.4) is 0 Å². The largest absolute Gasteiger partial charge is 0.497 e. The number of hydrogen-bond acceptors (Lipinski definition) is 3. The summed E-state index contributed by atoms with van der Waals surface area (Å²) in [7, 11) is 1.67. The molecule has 4 heteroatoms. The Morgan fingerprint density at radius 2 is 2.10 bits per heavy atom. The first-order chi connectivity index (χ1) is 9.83. The zero-order valence-electron chi connectivity index (χ0n) is 11.2. The van der Waals surface area contributed by atoms with Crippen LogP contribution in [0.15, 0.2) is 36.4 Å². The van der Waals surface area contributed by atoms with Crippen LogP contribution in [0, 0.1) is 0 Å². The van der Waals surface area contributed by atoms with Gasteiger partial charge in [0.1, 0.15) is 11.6 Å². The fraction of sp³-hybridized carbons (Fsp3) is 0.188. The topological polar surface area (TPSA) is 49.9 Å². The van der Waals surface area contributed by atoms with Gasteiger partial charge in [0.15, 0.2) is 0 Å². The van der Waals surface area contributed by atoms with Gasteiger partial charge in [0.25, 0.3) is 0 Å². The summed E-state index contributed by atoms with van der Waals surface area (Å²) in [5, 5.41) is 3.40. The second-order valence-electron chi connectivity index (χ2n) is 5.02. The van der Waals surface area contributed by atoms with Crippen molar-refractivity contribution in [3.63, 3.8) is 0 Å². The Bertz CT molecular complexity index is 792. The maximum absolute atomic E-state index is 5.24. The van der Waals surface area contributed by atoms with Gasteiger partial charge in [-0.3, -0.25) is 0 Å². The standard InChI is InChI=1S/C16H15N3O/c1-20-12-4-5-13-15(9-12)19-16(18-13)11-3-2-10-6-7-17-14(10)8-11/h2-5,8-9,17H,6-7H2,1H3,(H,18,19). The number of nitrogens with zero attached hydrogens (tertiary/aromatic N) is 1. The maximum Gasteiger partial charge on any atom is 0.138 e. The molecule has 20 heavy (non-hydrogen) atoms. The minimum Gasteiger partial charge on any atom is -0.497 e. The minimum atomic E-state index is 0.836. The minimum absolute atomic E-state index is 0.836. The molecule has 0 aliphatic carbocycles. The maximum atomic E-state index is 5.24. The molecule has 100 valence electrons. The van der Waals surface area contributed by atoms with Crippen LogP contribution in [-0.2, 0) is 6.42 Å². The molecule has 4 nitrogen and oxygen atoms in total. The van der Waals surface area contributed by atoms with E-state index in [1.807, 2.05) is 18.2 Å². The summed E-state index contributed by atoms with van der Waals surface area (Å²) in [6.45, 7) is 1.02. The Morgan fingerprint density at radius 3 is 3.00 bits per heavy atom. The van der Waals surface area contributed by atoms with Gasteiger partial charge >= 0.3 is 0 Å². The van der Waals surface area contributed by atoms with Crippen molar-refractivity contribution in [3.05, 3.63) is 42.0 Å². The van der Waals surface area contributed by atoms with Crippen molar-refractivity contribution in [2.45, 2.75) is 6.42 Å².